The Labute approximate surface area is 231 Å². The summed E-state index contributed by atoms with van der Waals surface area (Å²) >= 11 is 0. The lowest BCUT2D eigenvalue weighted by atomic mass is 10.1. The van der Waals surface area contributed by atoms with Gasteiger partial charge in [0.2, 0.25) is 0 Å². The Bertz CT molecular complexity index is 961. The zero-order valence-corrected chi connectivity index (χ0v) is 22.9. The Hall–Kier alpha value is -2.98. The van der Waals surface area contributed by atoms with Crippen LogP contribution in [0.5, 0.6) is 0 Å². The van der Waals surface area contributed by atoms with Crippen LogP contribution in [0.1, 0.15) is 65.2 Å². The van der Waals surface area contributed by atoms with Crippen LogP contribution in [0.4, 0.5) is 34.5 Å². The molecule has 3 aromatic heterocycles. The predicted octanol–water partition coefficient (Wildman–Crippen LogP) is 8.75. The number of aromatic nitrogens is 3. The van der Waals surface area contributed by atoms with Crippen LogP contribution in [0.15, 0.2) is 67.4 Å². The Morgan fingerprint density at radius 3 is 1.27 bits per heavy atom. The summed E-state index contributed by atoms with van der Waals surface area (Å²) in [6.07, 6.45) is 21.1. The van der Waals surface area contributed by atoms with Crippen LogP contribution in [-0.4, -0.2) is 19.5 Å². The number of aryl methyl sites for hydroxylation is 2. The first-order valence-electron chi connectivity index (χ1n) is 13.5. The smallest absolute Gasteiger partial charge is 0.418 e. The fourth-order valence-electron chi connectivity index (χ4n) is 3.75. The highest BCUT2D eigenvalue weighted by molar-refractivity contribution is 6.50. The summed E-state index contributed by atoms with van der Waals surface area (Å²) < 4.78 is 82.6. The molecule has 0 radical (unpaired) electrons. The zero-order chi connectivity index (χ0) is 30.0. The van der Waals surface area contributed by atoms with Crippen LogP contribution in [0.2, 0.25) is 0 Å². The number of rotatable bonds is 12. The number of nitrogens with zero attached hydrogens (tertiary/aromatic N) is 3. The molecule has 0 spiro atoms. The van der Waals surface area contributed by atoms with Gasteiger partial charge in [0.1, 0.15) is 13.1 Å². The van der Waals surface area contributed by atoms with Gasteiger partial charge in [-0.05, 0) is 24.5 Å². The van der Waals surface area contributed by atoms with Crippen molar-refractivity contribution < 1.29 is 43.7 Å². The van der Waals surface area contributed by atoms with Gasteiger partial charge in [0, 0.05) is 54.4 Å². The van der Waals surface area contributed by atoms with Crippen LogP contribution in [-0.2, 0) is 13.1 Å². The first-order valence-corrected chi connectivity index (χ1v) is 13.5. The molecular weight excluding hydrogens is 540 g/mol. The highest BCUT2D eigenvalue weighted by Crippen LogP contribution is 2.21. The molecule has 13 heteroatoms. The standard InChI is InChI=1S/C27H37N3.2BF4/c1-3-5-7-9-17-29-19-13-24(14-20-29)26-11-12-27(28-23-26)25-15-21-30(22-16-25)18-10-8-6-4-2;2*2-1(3,4)5/h11-16,19-23H,3-10,17-18H2,1-2H3;;/q+2;2*-1. The molecule has 0 fully saturated rings. The van der Waals surface area contributed by atoms with E-state index in [2.05, 4.69) is 84.2 Å². The second-order valence-electron chi connectivity index (χ2n) is 9.19. The summed E-state index contributed by atoms with van der Waals surface area (Å²) in [5.41, 5.74) is 4.58. The van der Waals surface area contributed by atoms with Crippen molar-refractivity contribution >= 4 is 14.5 Å². The van der Waals surface area contributed by atoms with E-state index in [0.29, 0.717) is 0 Å². The largest absolute Gasteiger partial charge is 0.673 e. The van der Waals surface area contributed by atoms with Gasteiger partial charge < -0.3 is 34.5 Å². The minimum atomic E-state index is -6.00. The van der Waals surface area contributed by atoms with Crippen LogP contribution in [0.3, 0.4) is 0 Å². The minimum Gasteiger partial charge on any atom is -0.418 e. The molecule has 0 aliphatic carbocycles. The number of pyridine rings is 3. The summed E-state index contributed by atoms with van der Waals surface area (Å²) in [5.74, 6) is 0. The van der Waals surface area contributed by atoms with E-state index in [1.54, 1.807) is 0 Å². The summed E-state index contributed by atoms with van der Waals surface area (Å²) in [7, 11) is -12.0. The Morgan fingerprint density at radius 1 is 0.525 bits per heavy atom. The van der Waals surface area contributed by atoms with E-state index in [9.17, 15) is 34.5 Å². The topological polar surface area (TPSA) is 20.6 Å². The summed E-state index contributed by atoms with van der Waals surface area (Å²) in [6.45, 7) is 6.71. The molecule has 0 atom stereocenters. The van der Waals surface area contributed by atoms with E-state index >= 15 is 0 Å². The van der Waals surface area contributed by atoms with Crippen molar-refractivity contribution in [1.82, 2.24) is 4.98 Å². The highest BCUT2D eigenvalue weighted by Gasteiger charge is 2.21. The summed E-state index contributed by atoms with van der Waals surface area (Å²) in [5, 5.41) is 0. The second kappa shape index (κ2) is 18.4. The Balaban J connectivity index is 0.000000686. The predicted molar refractivity (Wildman–Crippen MR) is 144 cm³/mol. The van der Waals surface area contributed by atoms with E-state index in [-0.39, 0.29) is 0 Å². The van der Waals surface area contributed by atoms with Gasteiger partial charge >= 0.3 is 14.5 Å². The molecule has 0 unspecified atom stereocenters. The molecule has 222 valence electrons. The average molecular weight is 577 g/mol. The number of unbranched alkanes of at least 4 members (excludes halogenated alkanes) is 6. The van der Waals surface area contributed by atoms with Crippen molar-refractivity contribution in [3.63, 3.8) is 0 Å². The fraction of sp³-hybridized carbons (Fsp3) is 0.444. The molecule has 3 aromatic rings. The Kier molecular flexibility index (Phi) is 16.1. The monoisotopic (exact) mass is 577 g/mol. The van der Waals surface area contributed by atoms with E-state index in [4.69, 9.17) is 4.98 Å². The lowest BCUT2D eigenvalue weighted by Crippen LogP contribution is -2.32. The lowest BCUT2D eigenvalue weighted by Gasteiger charge is -2.04. The van der Waals surface area contributed by atoms with Gasteiger partial charge in [0.15, 0.2) is 24.8 Å². The van der Waals surface area contributed by atoms with E-state index in [1.165, 1.54) is 68.1 Å². The van der Waals surface area contributed by atoms with Crippen molar-refractivity contribution in [2.24, 2.45) is 0 Å². The fourth-order valence-corrected chi connectivity index (χ4v) is 3.75. The quantitative estimate of drug-likeness (QED) is 0.0913. The van der Waals surface area contributed by atoms with Gasteiger partial charge in [-0.3, -0.25) is 4.98 Å². The summed E-state index contributed by atoms with van der Waals surface area (Å²) in [6, 6.07) is 13.0. The van der Waals surface area contributed by atoms with Gasteiger partial charge in [0.25, 0.3) is 0 Å². The van der Waals surface area contributed by atoms with Gasteiger partial charge in [0.05, 0.1) is 5.69 Å². The first-order chi connectivity index (χ1) is 18.8. The first kappa shape index (κ1) is 35.0. The third-order valence-electron chi connectivity index (χ3n) is 5.71. The Morgan fingerprint density at radius 2 is 0.925 bits per heavy atom. The van der Waals surface area contributed by atoms with Gasteiger partial charge in [-0.15, -0.1) is 0 Å². The van der Waals surface area contributed by atoms with Crippen molar-refractivity contribution in [2.75, 3.05) is 0 Å². The van der Waals surface area contributed by atoms with E-state index < -0.39 is 14.5 Å². The molecule has 40 heavy (non-hydrogen) atoms. The maximum atomic E-state index is 9.75. The van der Waals surface area contributed by atoms with Gasteiger partial charge in [-0.25, -0.2) is 9.13 Å². The number of hydrogen-bond donors (Lipinski definition) is 0. The maximum absolute atomic E-state index is 9.75. The molecule has 3 rings (SSSR count). The van der Waals surface area contributed by atoms with Crippen molar-refractivity contribution in [1.29, 1.82) is 0 Å². The van der Waals surface area contributed by atoms with Crippen LogP contribution < -0.4 is 9.13 Å². The van der Waals surface area contributed by atoms with Crippen molar-refractivity contribution in [2.45, 2.75) is 78.3 Å². The normalized spacial score (nSPS) is 11.2. The molecule has 3 nitrogen and oxygen atoms in total. The van der Waals surface area contributed by atoms with E-state index in [0.717, 1.165) is 18.8 Å². The van der Waals surface area contributed by atoms with E-state index in [1.807, 2.05) is 6.20 Å². The lowest BCUT2D eigenvalue weighted by molar-refractivity contribution is -0.697. The van der Waals surface area contributed by atoms with Gasteiger partial charge in [-0.2, -0.15) is 0 Å². The average Bonchev–Trinajstić information content (AvgIpc) is 2.88. The molecule has 0 saturated carbocycles. The molecule has 0 amide bonds. The molecule has 0 saturated heterocycles. The van der Waals surface area contributed by atoms with Gasteiger partial charge in [-0.1, -0.05) is 45.6 Å². The van der Waals surface area contributed by atoms with Crippen molar-refractivity contribution in [3.05, 3.63) is 67.4 Å². The second-order valence-corrected chi connectivity index (χ2v) is 9.19. The third kappa shape index (κ3) is 18.3. The minimum absolute atomic E-state index is 1.03. The van der Waals surface area contributed by atoms with Crippen molar-refractivity contribution in [3.8, 4) is 22.4 Å². The molecule has 0 aliphatic rings. The van der Waals surface area contributed by atoms with Crippen LogP contribution in [0.25, 0.3) is 22.4 Å². The molecule has 0 aliphatic heterocycles. The molecule has 0 N–H and O–H groups in total. The number of halogens is 8. The third-order valence-corrected chi connectivity index (χ3v) is 5.71. The highest BCUT2D eigenvalue weighted by atomic mass is 19.5. The van der Waals surface area contributed by atoms with Crippen LogP contribution in [0, 0.1) is 0 Å². The molecular formula is C27H37B2F8N3. The number of hydrogen-bond acceptors (Lipinski definition) is 1. The SMILES string of the molecule is CCCCCC[n+]1ccc(-c2ccc(-c3cc[n+](CCCCCC)cc3)nc2)cc1.F[B-](F)(F)F.F[B-](F)(F)F. The molecule has 0 aromatic carbocycles. The maximum Gasteiger partial charge on any atom is 0.673 e. The molecule has 3 heterocycles. The molecule has 0 bridgehead atoms. The summed E-state index contributed by atoms with van der Waals surface area (Å²) in [4.78, 5) is 4.72. The zero-order valence-electron chi connectivity index (χ0n) is 22.9. The van der Waals surface area contributed by atoms with Crippen LogP contribution >= 0.6 is 0 Å².